The summed E-state index contributed by atoms with van der Waals surface area (Å²) in [5.41, 5.74) is 3.42. The Bertz CT molecular complexity index is 1090. The Kier molecular flexibility index (Phi) is 9.67. The zero-order chi connectivity index (χ0) is 25.5. The van der Waals surface area contributed by atoms with Gasteiger partial charge in [-0.1, -0.05) is 43.3 Å². The molecule has 2 aromatic carbocycles. The topological polar surface area (TPSA) is 86.8 Å². The van der Waals surface area contributed by atoms with E-state index in [-0.39, 0.29) is 18.5 Å². The molecule has 0 saturated carbocycles. The second kappa shape index (κ2) is 12.0. The van der Waals surface area contributed by atoms with Crippen molar-refractivity contribution in [2.45, 2.75) is 59.5 Å². The molecular weight excluding hydrogens is 450 g/mol. The van der Waals surface area contributed by atoms with Gasteiger partial charge in [-0.2, -0.15) is 0 Å². The summed E-state index contributed by atoms with van der Waals surface area (Å²) in [6.45, 7) is 9.32. The second-order valence-corrected chi connectivity index (χ2v) is 10.8. The Labute approximate surface area is 204 Å². The van der Waals surface area contributed by atoms with Crippen LogP contribution in [-0.4, -0.2) is 56.6 Å². The number of benzene rings is 2. The van der Waals surface area contributed by atoms with Crippen LogP contribution in [0.4, 0.5) is 5.69 Å². The van der Waals surface area contributed by atoms with Crippen molar-refractivity contribution in [2.24, 2.45) is 0 Å². The molecule has 7 nitrogen and oxygen atoms in total. The minimum Gasteiger partial charge on any atom is -0.352 e. The quantitative estimate of drug-likeness (QED) is 0.526. The molecule has 0 aromatic heterocycles. The number of sulfonamides is 1. The number of carbonyl (C=O) groups excluding carboxylic acids is 2. The zero-order valence-corrected chi connectivity index (χ0v) is 21.9. The highest BCUT2D eigenvalue weighted by Crippen LogP contribution is 2.22. The molecule has 0 fully saturated rings. The van der Waals surface area contributed by atoms with Gasteiger partial charge >= 0.3 is 0 Å². The summed E-state index contributed by atoms with van der Waals surface area (Å²) in [6, 6.07) is 14.2. The number of hydrogen-bond donors (Lipinski definition) is 1. The Balaban J connectivity index is 2.33. The molecule has 8 heteroatoms. The van der Waals surface area contributed by atoms with Gasteiger partial charge < -0.3 is 10.2 Å². The van der Waals surface area contributed by atoms with E-state index in [2.05, 4.69) is 5.32 Å². The van der Waals surface area contributed by atoms with Crippen LogP contribution >= 0.6 is 0 Å². The lowest BCUT2D eigenvalue weighted by molar-refractivity contribution is -0.139. The Morgan fingerprint density at radius 3 is 2.21 bits per heavy atom. The predicted molar refractivity (Wildman–Crippen MR) is 137 cm³/mol. The SMILES string of the molecule is CC[C@H](C)NC(=O)[C@H](C)N(CCc1ccccc1)C(=O)CN(c1ccc(C)c(C)c1)S(C)(=O)=O. The summed E-state index contributed by atoms with van der Waals surface area (Å²) in [5, 5.41) is 2.93. The number of carbonyl (C=O) groups is 2. The Morgan fingerprint density at radius 1 is 1.00 bits per heavy atom. The average molecular weight is 488 g/mol. The lowest BCUT2D eigenvalue weighted by atomic mass is 10.1. The maximum atomic E-state index is 13.5. The lowest BCUT2D eigenvalue weighted by Gasteiger charge is -2.32. The summed E-state index contributed by atoms with van der Waals surface area (Å²) in [4.78, 5) is 27.8. The molecule has 2 amide bonds. The Morgan fingerprint density at radius 2 is 1.65 bits per heavy atom. The maximum absolute atomic E-state index is 13.5. The molecule has 0 spiro atoms. The molecule has 0 saturated heterocycles. The minimum absolute atomic E-state index is 0.0240. The molecule has 0 bridgehead atoms. The monoisotopic (exact) mass is 487 g/mol. The number of nitrogens with zero attached hydrogens (tertiary/aromatic N) is 2. The fourth-order valence-corrected chi connectivity index (χ4v) is 4.37. The number of hydrogen-bond acceptors (Lipinski definition) is 4. The first kappa shape index (κ1) is 27.4. The maximum Gasteiger partial charge on any atom is 0.244 e. The van der Waals surface area contributed by atoms with Crippen LogP contribution in [-0.2, 0) is 26.0 Å². The van der Waals surface area contributed by atoms with Crippen molar-refractivity contribution in [2.75, 3.05) is 23.7 Å². The third-order valence-corrected chi connectivity index (χ3v) is 7.25. The molecule has 0 aliphatic rings. The van der Waals surface area contributed by atoms with Gasteiger partial charge in [-0.15, -0.1) is 0 Å². The molecule has 1 N–H and O–H groups in total. The number of nitrogens with one attached hydrogen (secondary N) is 1. The van der Waals surface area contributed by atoms with Gasteiger partial charge in [0.1, 0.15) is 12.6 Å². The van der Waals surface area contributed by atoms with Crippen LogP contribution in [0.15, 0.2) is 48.5 Å². The summed E-state index contributed by atoms with van der Waals surface area (Å²) in [7, 11) is -3.73. The summed E-state index contributed by atoms with van der Waals surface area (Å²) < 4.78 is 26.4. The van der Waals surface area contributed by atoms with Gasteiger partial charge in [0.15, 0.2) is 0 Å². The highest BCUT2D eigenvalue weighted by Gasteiger charge is 2.30. The van der Waals surface area contributed by atoms with Crippen LogP contribution in [0.3, 0.4) is 0 Å². The second-order valence-electron chi connectivity index (χ2n) is 8.85. The fraction of sp³-hybridized carbons (Fsp3) is 0.462. The van der Waals surface area contributed by atoms with Crippen LogP contribution in [0.25, 0.3) is 0 Å². The molecular formula is C26H37N3O4S. The van der Waals surface area contributed by atoms with Crippen LogP contribution in [0, 0.1) is 13.8 Å². The highest BCUT2D eigenvalue weighted by atomic mass is 32.2. The largest absolute Gasteiger partial charge is 0.352 e. The number of rotatable bonds is 11. The third kappa shape index (κ3) is 7.58. The predicted octanol–water partition coefficient (Wildman–Crippen LogP) is 3.44. The van der Waals surface area contributed by atoms with Crippen molar-refractivity contribution in [1.82, 2.24) is 10.2 Å². The van der Waals surface area contributed by atoms with Crippen LogP contribution in [0.1, 0.15) is 43.9 Å². The third-order valence-electron chi connectivity index (χ3n) is 6.11. The van der Waals surface area contributed by atoms with E-state index in [1.54, 1.807) is 19.1 Å². The average Bonchev–Trinajstić information content (AvgIpc) is 2.79. The van der Waals surface area contributed by atoms with E-state index < -0.39 is 22.0 Å². The molecule has 2 aromatic rings. The van der Waals surface area contributed by atoms with Gasteiger partial charge in [-0.05, 0) is 69.4 Å². The van der Waals surface area contributed by atoms with Crippen molar-refractivity contribution in [3.8, 4) is 0 Å². The normalized spacial score (nSPS) is 13.1. The molecule has 0 heterocycles. The summed E-state index contributed by atoms with van der Waals surface area (Å²) >= 11 is 0. The number of anilines is 1. The van der Waals surface area contributed by atoms with Gasteiger partial charge in [0, 0.05) is 12.6 Å². The van der Waals surface area contributed by atoms with Gasteiger partial charge in [0.2, 0.25) is 21.8 Å². The first-order chi connectivity index (χ1) is 15.9. The number of amides is 2. The molecule has 0 unspecified atom stereocenters. The fourth-order valence-electron chi connectivity index (χ4n) is 3.53. The van der Waals surface area contributed by atoms with E-state index in [1.165, 1.54) is 4.90 Å². The van der Waals surface area contributed by atoms with E-state index >= 15 is 0 Å². The molecule has 2 rings (SSSR count). The molecule has 34 heavy (non-hydrogen) atoms. The summed E-state index contributed by atoms with van der Waals surface area (Å²) in [5.74, 6) is -0.681. The first-order valence-corrected chi connectivity index (χ1v) is 13.5. The minimum atomic E-state index is -3.73. The highest BCUT2D eigenvalue weighted by molar-refractivity contribution is 7.92. The smallest absolute Gasteiger partial charge is 0.244 e. The van der Waals surface area contributed by atoms with Crippen molar-refractivity contribution in [3.63, 3.8) is 0 Å². The standard InChI is InChI=1S/C26H37N3O4S/c1-7-21(4)27-26(31)22(5)28(16-15-23-11-9-8-10-12-23)25(30)18-29(34(6,32)33)24-14-13-19(2)20(3)17-24/h8-14,17,21-22H,7,15-16,18H2,1-6H3,(H,27,31)/t21-,22-/m0/s1. The van der Waals surface area contributed by atoms with Gasteiger partial charge in [0.05, 0.1) is 11.9 Å². The van der Waals surface area contributed by atoms with Gasteiger partial charge in [-0.25, -0.2) is 8.42 Å². The van der Waals surface area contributed by atoms with Crippen molar-refractivity contribution in [1.29, 1.82) is 0 Å². The van der Waals surface area contributed by atoms with Crippen LogP contribution < -0.4 is 9.62 Å². The summed E-state index contributed by atoms with van der Waals surface area (Å²) in [6.07, 6.45) is 2.41. The molecule has 0 aliphatic carbocycles. The van der Waals surface area contributed by atoms with Crippen molar-refractivity contribution >= 4 is 27.5 Å². The van der Waals surface area contributed by atoms with Crippen LogP contribution in [0.2, 0.25) is 0 Å². The van der Waals surface area contributed by atoms with Crippen molar-refractivity contribution in [3.05, 3.63) is 65.2 Å². The van der Waals surface area contributed by atoms with Crippen molar-refractivity contribution < 1.29 is 18.0 Å². The first-order valence-electron chi connectivity index (χ1n) is 11.6. The number of aryl methyl sites for hydroxylation is 2. The van der Waals surface area contributed by atoms with Gasteiger partial charge in [0.25, 0.3) is 0 Å². The van der Waals surface area contributed by atoms with E-state index in [9.17, 15) is 18.0 Å². The van der Waals surface area contributed by atoms with E-state index in [0.29, 0.717) is 18.7 Å². The zero-order valence-electron chi connectivity index (χ0n) is 21.0. The molecule has 2 atom stereocenters. The Hall–Kier alpha value is -2.87. The molecule has 0 radical (unpaired) electrons. The lowest BCUT2D eigenvalue weighted by Crippen LogP contribution is -2.53. The van der Waals surface area contributed by atoms with E-state index in [1.807, 2.05) is 64.1 Å². The molecule has 0 aliphatic heterocycles. The van der Waals surface area contributed by atoms with Crippen LogP contribution in [0.5, 0.6) is 0 Å². The van der Waals surface area contributed by atoms with Gasteiger partial charge in [-0.3, -0.25) is 13.9 Å². The van der Waals surface area contributed by atoms with E-state index in [0.717, 1.165) is 33.7 Å². The molecule has 186 valence electrons. The van der Waals surface area contributed by atoms with E-state index in [4.69, 9.17) is 0 Å².